The summed E-state index contributed by atoms with van der Waals surface area (Å²) in [5.41, 5.74) is -0.259. The van der Waals surface area contributed by atoms with Gasteiger partial charge in [-0.15, -0.1) is 0 Å². The van der Waals surface area contributed by atoms with Crippen LogP contribution in [0.25, 0.3) is 0 Å². The summed E-state index contributed by atoms with van der Waals surface area (Å²) in [4.78, 5) is 31.1. The van der Waals surface area contributed by atoms with Gasteiger partial charge in [-0.05, 0) is 19.8 Å². The van der Waals surface area contributed by atoms with Gasteiger partial charge in [0.15, 0.2) is 0 Å². The van der Waals surface area contributed by atoms with Gasteiger partial charge < -0.3 is 10.4 Å². The quantitative estimate of drug-likeness (QED) is 0.830. The van der Waals surface area contributed by atoms with Crippen molar-refractivity contribution in [3.63, 3.8) is 0 Å². The minimum atomic E-state index is -1.13. The Bertz CT molecular complexity index is 481. The SMILES string of the molecule is Cc1ncncc1C(=O)NC1(C(=O)O)CCCC1. The molecule has 0 atom stereocenters. The second-order valence-corrected chi connectivity index (χ2v) is 4.57. The van der Waals surface area contributed by atoms with E-state index in [9.17, 15) is 14.7 Å². The van der Waals surface area contributed by atoms with Crippen molar-refractivity contribution in [2.45, 2.75) is 38.1 Å². The first-order valence-electron chi connectivity index (χ1n) is 5.88. The molecule has 6 nitrogen and oxygen atoms in total. The van der Waals surface area contributed by atoms with Gasteiger partial charge in [-0.25, -0.2) is 14.8 Å². The van der Waals surface area contributed by atoms with Crippen molar-refractivity contribution in [1.82, 2.24) is 15.3 Å². The molecule has 0 radical (unpaired) electrons. The Morgan fingerprint density at radius 2 is 2.06 bits per heavy atom. The maximum absolute atomic E-state index is 12.1. The molecule has 6 heteroatoms. The summed E-state index contributed by atoms with van der Waals surface area (Å²) in [7, 11) is 0. The summed E-state index contributed by atoms with van der Waals surface area (Å²) in [6.07, 6.45) is 5.34. The van der Waals surface area contributed by atoms with Crippen LogP contribution in [0.4, 0.5) is 0 Å². The van der Waals surface area contributed by atoms with E-state index < -0.39 is 17.4 Å². The topological polar surface area (TPSA) is 92.2 Å². The second-order valence-electron chi connectivity index (χ2n) is 4.57. The Balaban J connectivity index is 2.21. The van der Waals surface area contributed by atoms with Crippen LogP contribution in [-0.2, 0) is 4.79 Å². The maximum atomic E-state index is 12.1. The number of carboxylic acids is 1. The molecule has 1 saturated carbocycles. The summed E-state index contributed by atoms with van der Waals surface area (Å²) < 4.78 is 0. The average molecular weight is 249 g/mol. The predicted octanol–water partition coefficient (Wildman–Crippen LogP) is 0.912. The first-order chi connectivity index (χ1) is 8.55. The Labute approximate surface area is 104 Å². The zero-order valence-corrected chi connectivity index (χ0v) is 10.1. The van der Waals surface area contributed by atoms with Crippen LogP contribution in [0, 0.1) is 6.92 Å². The van der Waals surface area contributed by atoms with Crippen LogP contribution in [-0.4, -0.2) is 32.5 Å². The number of hydrogen-bond acceptors (Lipinski definition) is 4. The highest BCUT2D eigenvalue weighted by atomic mass is 16.4. The van der Waals surface area contributed by atoms with E-state index in [1.54, 1.807) is 6.92 Å². The van der Waals surface area contributed by atoms with E-state index >= 15 is 0 Å². The zero-order chi connectivity index (χ0) is 13.2. The Morgan fingerprint density at radius 3 is 2.61 bits per heavy atom. The molecule has 0 bridgehead atoms. The molecule has 1 aromatic heterocycles. The highest BCUT2D eigenvalue weighted by molar-refractivity contribution is 5.98. The number of rotatable bonds is 3. The van der Waals surface area contributed by atoms with E-state index in [0.29, 0.717) is 24.1 Å². The second kappa shape index (κ2) is 4.72. The Kier molecular flexibility index (Phi) is 3.27. The normalized spacial score (nSPS) is 17.4. The monoisotopic (exact) mass is 249 g/mol. The molecule has 1 aromatic rings. The lowest BCUT2D eigenvalue weighted by atomic mass is 9.97. The molecule has 1 aliphatic carbocycles. The van der Waals surface area contributed by atoms with Gasteiger partial charge in [0.1, 0.15) is 11.9 Å². The first kappa shape index (κ1) is 12.5. The van der Waals surface area contributed by atoms with Crippen LogP contribution in [0.15, 0.2) is 12.5 Å². The third kappa shape index (κ3) is 2.18. The molecule has 0 spiro atoms. The van der Waals surface area contributed by atoms with E-state index in [2.05, 4.69) is 15.3 Å². The molecule has 1 fully saturated rings. The third-order valence-electron chi connectivity index (χ3n) is 3.38. The summed E-state index contributed by atoms with van der Waals surface area (Å²) >= 11 is 0. The van der Waals surface area contributed by atoms with Gasteiger partial charge in [0.25, 0.3) is 5.91 Å². The van der Waals surface area contributed by atoms with Gasteiger partial charge in [-0.2, -0.15) is 0 Å². The molecule has 1 heterocycles. The van der Waals surface area contributed by atoms with Crippen molar-refractivity contribution in [2.24, 2.45) is 0 Å². The molecule has 0 unspecified atom stereocenters. The third-order valence-corrected chi connectivity index (χ3v) is 3.38. The van der Waals surface area contributed by atoms with Crippen molar-refractivity contribution < 1.29 is 14.7 Å². The zero-order valence-electron chi connectivity index (χ0n) is 10.1. The lowest BCUT2D eigenvalue weighted by Crippen LogP contribution is -2.52. The fourth-order valence-corrected chi connectivity index (χ4v) is 2.27. The van der Waals surface area contributed by atoms with Gasteiger partial charge in [0.05, 0.1) is 11.3 Å². The fourth-order valence-electron chi connectivity index (χ4n) is 2.27. The smallest absolute Gasteiger partial charge is 0.329 e. The maximum Gasteiger partial charge on any atom is 0.329 e. The first-order valence-corrected chi connectivity index (χ1v) is 5.88. The van der Waals surface area contributed by atoms with Gasteiger partial charge in [-0.1, -0.05) is 12.8 Å². The summed E-state index contributed by atoms with van der Waals surface area (Å²) in [6.45, 7) is 1.69. The minimum absolute atomic E-state index is 0.324. The van der Waals surface area contributed by atoms with Crippen LogP contribution in [0.1, 0.15) is 41.7 Å². The molecule has 1 aliphatic rings. The molecule has 0 aliphatic heterocycles. The van der Waals surface area contributed by atoms with Gasteiger partial charge in [0.2, 0.25) is 0 Å². The van der Waals surface area contributed by atoms with E-state index in [1.165, 1.54) is 12.5 Å². The predicted molar refractivity (Wildman–Crippen MR) is 63.1 cm³/mol. The number of aryl methyl sites for hydroxylation is 1. The van der Waals surface area contributed by atoms with Crippen LogP contribution in [0.3, 0.4) is 0 Å². The number of aliphatic carboxylic acids is 1. The number of aromatic nitrogens is 2. The van der Waals surface area contributed by atoms with Crippen LogP contribution >= 0.6 is 0 Å². The van der Waals surface area contributed by atoms with Crippen molar-refractivity contribution in [3.05, 3.63) is 23.8 Å². The molecule has 18 heavy (non-hydrogen) atoms. The Hall–Kier alpha value is -1.98. The Morgan fingerprint density at radius 1 is 1.39 bits per heavy atom. The largest absolute Gasteiger partial charge is 0.480 e. The van der Waals surface area contributed by atoms with Gasteiger partial charge in [-0.3, -0.25) is 4.79 Å². The van der Waals surface area contributed by atoms with E-state index in [0.717, 1.165) is 12.8 Å². The van der Waals surface area contributed by atoms with Crippen LogP contribution < -0.4 is 5.32 Å². The standard InChI is InChI=1S/C12H15N3O3/c1-8-9(6-13-7-14-8)10(16)15-12(11(17)18)4-2-3-5-12/h6-7H,2-5H2,1H3,(H,15,16)(H,17,18). The molecule has 0 aromatic carbocycles. The number of amides is 1. The number of carbonyl (C=O) groups excluding carboxylic acids is 1. The number of nitrogens with zero attached hydrogens (tertiary/aromatic N) is 2. The lowest BCUT2D eigenvalue weighted by Gasteiger charge is -2.25. The molecule has 1 amide bonds. The van der Waals surface area contributed by atoms with Gasteiger partial charge in [0, 0.05) is 6.20 Å². The van der Waals surface area contributed by atoms with Crippen molar-refractivity contribution in [2.75, 3.05) is 0 Å². The molecule has 2 N–H and O–H groups in total. The minimum Gasteiger partial charge on any atom is -0.480 e. The number of carbonyl (C=O) groups is 2. The van der Waals surface area contributed by atoms with Gasteiger partial charge >= 0.3 is 5.97 Å². The van der Waals surface area contributed by atoms with E-state index in [4.69, 9.17) is 0 Å². The number of carboxylic acid groups (broad SMARTS) is 1. The summed E-state index contributed by atoms with van der Waals surface area (Å²) in [6, 6.07) is 0. The molecular formula is C12H15N3O3. The van der Waals surface area contributed by atoms with E-state index in [-0.39, 0.29) is 0 Å². The van der Waals surface area contributed by atoms with Crippen molar-refractivity contribution in [3.8, 4) is 0 Å². The molecule has 96 valence electrons. The lowest BCUT2D eigenvalue weighted by molar-refractivity contribution is -0.144. The molecular weight excluding hydrogens is 234 g/mol. The average Bonchev–Trinajstić information content (AvgIpc) is 2.79. The van der Waals surface area contributed by atoms with Crippen molar-refractivity contribution in [1.29, 1.82) is 0 Å². The van der Waals surface area contributed by atoms with Crippen LogP contribution in [0.2, 0.25) is 0 Å². The number of nitrogens with one attached hydrogen (secondary N) is 1. The molecule has 2 rings (SSSR count). The van der Waals surface area contributed by atoms with Crippen molar-refractivity contribution >= 4 is 11.9 Å². The molecule has 0 saturated heterocycles. The van der Waals surface area contributed by atoms with Crippen LogP contribution in [0.5, 0.6) is 0 Å². The fraction of sp³-hybridized carbons (Fsp3) is 0.500. The van der Waals surface area contributed by atoms with E-state index in [1.807, 2.05) is 0 Å². The summed E-state index contributed by atoms with van der Waals surface area (Å²) in [5, 5.41) is 11.9. The highest BCUT2D eigenvalue weighted by Crippen LogP contribution is 2.30. The highest BCUT2D eigenvalue weighted by Gasteiger charge is 2.42. The number of hydrogen-bond donors (Lipinski definition) is 2. The summed E-state index contributed by atoms with van der Waals surface area (Å²) in [5.74, 6) is -1.39.